The third kappa shape index (κ3) is 2.96. The number of aromatic nitrogens is 3. The smallest absolute Gasteiger partial charge is 0.354 e. The van der Waals surface area contributed by atoms with Crippen LogP contribution in [0.4, 0.5) is 8.78 Å². The highest BCUT2D eigenvalue weighted by molar-refractivity contribution is 5.85. The lowest BCUT2D eigenvalue weighted by Gasteiger charge is -2.15. The van der Waals surface area contributed by atoms with Crippen LogP contribution in [0.5, 0.6) is 11.6 Å². The van der Waals surface area contributed by atoms with Crippen LogP contribution in [0, 0.1) is 0 Å². The molecule has 0 atom stereocenters. The van der Waals surface area contributed by atoms with Gasteiger partial charge < -0.3 is 14.8 Å². The summed E-state index contributed by atoms with van der Waals surface area (Å²) in [4.78, 5) is 21.6. The number of carboxylic acids is 1. The molecule has 2 aromatic heterocycles. The highest BCUT2D eigenvalue weighted by Crippen LogP contribution is 2.36. The van der Waals surface area contributed by atoms with Gasteiger partial charge in [-0.1, -0.05) is 0 Å². The third-order valence-electron chi connectivity index (χ3n) is 3.16. The SMILES string of the molecule is CC(F)(F)c1ccc(C(=O)O)nc1Oc1ccc2nc[nH]c2c1. The normalized spacial score (nSPS) is 11.6. The minimum atomic E-state index is -3.22. The van der Waals surface area contributed by atoms with Crippen LogP contribution in [0.25, 0.3) is 11.0 Å². The van der Waals surface area contributed by atoms with Crippen molar-refractivity contribution >= 4 is 17.0 Å². The number of aromatic carboxylic acids is 1. The fraction of sp³-hybridized carbons (Fsp3) is 0.133. The Bertz CT molecular complexity index is 887. The van der Waals surface area contributed by atoms with Crippen LogP contribution in [0.1, 0.15) is 23.0 Å². The fourth-order valence-corrected chi connectivity index (χ4v) is 2.06. The second kappa shape index (κ2) is 5.31. The summed E-state index contributed by atoms with van der Waals surface area (Å²) in [6.45, 7) is 0.690. The first kappa shape index (κ1) is 14.9. The van der Waals surface area contributed by atoms with Crippen molar-refractivity contribution in [3.05, 3.63) is 47.9 Å². The van der Waals surface area contributed by atoms with Gasteiger partial charge in [0.1, 0.15) is 5.75 Å². The number of nitrogens with one attached hydrogen (secondary N) is 1. The summed E-state index contributed by atoms with van der Waals surface area (Å²) >= 11 is 0. The maximum Gasteiger partial charge on any atom is 0.354 e. The lowest BCUT2D eigenvalue weighted by molar-refractivity contribution is 0.0148. The predicted octanol–water partition coefficient (Wildman–Crippen LogP) is 3.56. The van der Waals surface area contributed by atoms with Crippen LogP contribution in [0.15, 0.2) is 36.7 Å². The zero-order chi connectivity index (χ0) is 16.6. The number of carboxylic acid groups (broad SMARTS) is 1. The molecule has 2 N–H and O–H groups in total. The number of rotatable bonds is 4. The van der Waals surface area contributed by atoms with Crippen LogP contribution in [-0.2, 0) is 5.92 Å². The Morgan fingerprint density at radius 1 is 1.30 bits per heavy atom. The molecule has 0 spiro atoms. The van der Waals surface area contributed by atoms with Gasteiger partial charge >= 0.3 is 5.97 Å². The number of hydrogen-bond donors (Lipinski definition) is 2. The molecule has 23 heavy (non-hydrogen) atoms. The maximum absolute atomic E-state index is 13.7. The predicted molar refractivity (Wildman–Crippen MR) is 76.9 cm³/mol. The van der Waals surface area contributed by atoms with Gasteiger partial charge in [-0.15, -0.1) is 0 Å². The number of imidazole rings is 1. The van der Waals surface area contributed by atoms with E-state index >= 15 is 0 Å². The molecule has 8 heteroatoms. The van der Waals surface area contributed by atoms with E-state index in [1.165, 1.54) is 12.4 Å². The Balaban J connectivity index is 2.05. The summed E-state index contributed by atoms with van der Waals surface area (Å²) < 4.78 is 32.7. The molecule has 0 saturated heterocycles. The van der Waals surface area contributed by atoms with E-state index in [4.69, 9.17) is 9.84 Å². The number of hydrogen-bond acceptors (Lipinski definition) is 4. The van der Waals surface area contributed by atoms with E-state index in [2.05, 4.69) is 15.0 Å². The number of H-pyrrole nitrogens is 1. The van der Waals surface area contributed by atoms with E-state index in [0.29, 0.717) is 18.0 Å². The average Bonchev–Trinajstić information content (AvgIpc) is 2.93. The van der Waals surface area contributed by atoms with Gasteiger partial charge in [-0.3, -0.25) is 0 Å². The Hall–Kier alpha value is -3.03. The summed E-state index contributed by atoms with van der Waals surface area (Å²) in [6.07, 6.45) is 1.49. The monoisotopic (exact) mass is 319 g/mol. The van der Waals surface area contributed by atoms with Crippen LogP contribution >= 0.6 is 0 Å². The zero-order valence-electron chi connectivity index (χ0n) is 11.9. The summed E-state index contributed by atoms with van der Waals surface area (Å²) in [5, 5.41) is 8.96. The molecule has 0 amide bonds. The number of nitrogens with zero attached hydrogens (tertiary/aromatic N) is 2. The van der Waals surface area contributed by atoms with Crippen LogP contribution in [-0.4, -0.2) is 26.0 Å². The molecule has 0 aliphatic heterocycles. The van der Waals surface area contributed by atoms with E-state index in [0.717, 1.165) is 12.1 Å². The van der Waals surface area contributed by atoms with Gasteiger partial charge in [0.2, 0.25) is 5.88 Å². The van der Waals surface area contributed by atoms with Crippen molar-refractivity contribution < 1.29 is 23.4 Å². The Kier molecular flexibility index (Phi) is 3.44. The number of halogens is 2. The van der Waals surface area contributed by atoms with E-state index in [1.54, 1.807) is 12.1 Å². The van der Waals surface area contributed by atoms with Gasteiger partial charge in [-0.25, -0.2) is 23.5 Å². The van der Waals surface area contributed by atoms with Gasteiger partial charge in [-0.2, -0.15) is 0 Å². The number of fused-ring (bicyclic) bond motifs is 1. The van der Waals surface area contributed by atoms with Gasteiger partial charge in [0.25, 0.3) is 5.92 Å². The molecule has 118 valence electrons. The summed E-state index contributed by atoms with van der Waals surface area (Å²) in [7, 11) is 0. The molecule has 0 radical (unpaired) electrons. The second-order valence-corrected chi connectivity index (χ2v) is 4.93. The van der Waals surface area contributed by atoms with Gasteiger partial charge in [0.05, 0.1) is 22.9 Å². The highest BCUT2D eigenvalue weighted by Gasteiger charge is 2.30. The standard InChI is InChI=1S/C15H11F2N3O3/c1-15(16,17)9-3-5-11(14(21)22)20-13(9)23-8-2-4-10-12(6-8)19-7-18-10/h2-7H,1H3,(H,18,19)(H,21,22). The van der Waals surface area contributed by atoms with Crippen molar-refractivity contribution in [2.45, 2.75) is 12.8 Å². The third-order valence-corrected chi connectivity index (χ3v) is 3.16. The van der Waals surface area contributed by atoms with Crippen LogP contribution in [0.3, 0.4) is 0 Å². The van der Waals surface area contributed by atoms with Crippen molar-refractivity contribution in [2.24, 2.45) is 0 Å². The number of alkyl halides is 2. The molecule has 0 fully saturated rings. The second-order valence-electron chi connectivity index (χ2n) is 4.93. The summed E-state index contributed by atoms with van der Waals surface area (Å²) in [6, 6.07) is 6.76. The minimum Gasteiger partial charge on any atom is -0.477 e. The number of carbonyl (C=O) groups is 1. The average molecular weight is 319 g/mol. The minimum absolute atomic E-state index is 0.238. The fourth-order valence-electron chi connectivity index (χ4n) is 2.06. The van der Waals surface area contributed by atoms with Crippen molar-refractivity contribution in [3.63, 3.8) is 0 Å². The van der Waals surface area contributed by atoms with Gasteiger partial charge in [0, 0.05) is 13.0 Å². The van der Waals surface area contributed by atoms with Crippen molar-refractivity contribution in [1.82, 2.24) is 15.0 Å². The summed E-state index contributed by atoms with van der Waals surface area (Å²) in [5.41, 5.74) is 0.468. The Morgan fingerprint density at radius 2 is 2.09 bits per heavy atom. The number of ether oxygens (including phenoxy) is 1. The quantitative estimate of drug-likeness (QED) is 0.767. The van der Waals surface area contributed by atoms with E-state index < -0.39 is 23.3 Å². The zero-order valence-corrected chi connectivity index (χ0v) is 11.9. The lowest BCUT2D eigenvalue weighted by Crippen LogP contribution is -2.12. The molecule has 3 rings (SSSR count). The molecule has 0 saturated carbocycles. The molecule has 1 aromatic carbocycles. The maximum atomic E-state index is 13.7. The van der Waals surface area contributed by atoms with E-state index in [1.807, 2.05) is 0 Å². The van der Waals surface area contributed by atoms with Gasteiger partial charge in [0.15, 0.2) is 5.69 Å². The van der Waals surface area contributed by atoms with Crippen LogP contribution < -0.4 is 4.74 Å². The molecular weight excluding hydrogens is 308 g/mol. The molecule has 0 aliphatic rings. The molecule has 3 aromatic rings. The van der Waals surface area contributed by atoms with Gasteiger partial charge in [-0.05, 0) is 24.3 Å². The largest absolute Gasteiger partial charge is 0.477 e. The van der Waals surface area contributed by atoms with E-state index in [9.17, 15) is 13.6 Å². The first-order chi connectivity index (χ1) is 10.8. The molecular formula is C15H11F2N3O3. The highest BCUT2D eigenvalue weighted by atomic mass is 19.3. The lowest BCUT2D eigenvalue weighted by atomic mass is 10.1. The van der Waals surface area contributed by atoms with Crippen LogP contribution in [0.2, 0.25) is 0 Å². The molecule has 6 nitrogen and oxygen atoms in total. The van der Waals surface area contributed by atoms with Crippen molar-refractivity contribution in [2.75, 3.05) is 0 Å². The molecule has 0 unspecified atom stereocenters. The summed E-state index contributed by atoms with van der Waals surface area (Å²) in [5.74, 6) is -4.76. The number of benzene rings is 1. The van der Waals surface area contributed by atoms with Crippen molar-refractivity contribution in [1.29, 1.82) is 0 Å². The first-order valence-electron chi connectivity index (χ1n) is 6.58. The first-order valence-corrected chi connectivity index (χ1v) is 6.58. The van der Waals surface area contributed by atoms with Crippen molar-refractivity contribution in [3.8, 4) is 11.6 Å². The van der Waals surface area contributed by atoms with E-state index in [-0.39, 0.29) is 11.4 Å². The Morgan fingerprint density at radius 3 is 2.78 bits per heavy atom. The molecule has 2 heterocycles. The topological polar surface area (TPSA) is 88.1 Å². The molecule has 0 aliphatic carbocycles. The Labute approximate surface area is 128 Å². The molecule has 0 bridgehead atoms. The number of aromatic amines is 1. The number of pyridine rings is 1.